The third-order valence-electron chi connectivity index (χ3n) is 4.11. The van der Waals surface area contributed by atoms with Gasteiger partial charge in [0.05, 0.1) is 17.6 Å². The summed E-state index contributed by atoms with van der Waals surface area (Å²) >= 11 is 1.04. The van der Waals surface area contributed by atoms with E-state index >= 15 is 0 Å². The molecule has 1 N–H and O–H groups in total. The monoisotopic (exact) mass is 413 g/mol. The zero-order valence-corrected chi connectivity index (χ0v) is 16.9. The third kappa shape index (κ3) is 4.75. The highest BCUT2D eigenvalue weighted by molar-refractivity contribution is 8.00. The molecule has 1 unspecified atom stereocenters. The van der Waals surface area contributed by atoms with Gasteiger partial charge in [-0.3, -0.25) is 9.59 Å². The fourth-order valence-corrected chi connectivity index (χ4v) is 3.35. The summed E-state index contributed by atoms with van der Waals surface area (Å²) in [6.07, 6.45) is 0. The van der Waals surface area contributed by atoms with Crippen molar-refractivity contribution >= 4 is 29.1 Å². The van der Waals surface area contributed by atoms with E-state index in [1.54, 1.807) is 62.6 Å². The number of nitrogens with zero attached hydrogens (tertiary/aromatic N) is 2. The molecule has 0 radical (unpaired) electrons. The van der Waals surface area contributed by atoms with Crippen molar-refractivity contribution < 1.29 is 28.6 Å². The lowest BCUT2D eigenvalue weighted by molar-refractivity contribution is -0.705. The number of thioether (sulfide) groups is 1. The van der Waals surface area contributed by atoms with Gasteiger partial charge in [0, 0.05) is 23.4 Å². The fourth-order valence-electron chi connectivity index (χ4n) is 2.48. The maximum Gasteiger partial charge on any atom is 0.298 e. The molecule has 2 aromatic carbocycles. The molecular formula is C20H19N3O5S. The van der Waals surface area contributed by atoms with Gasteiger partial charge in [-0.2, -0.15) is 0 Å². The fraction of sp³-hybridized carbons (Fsp3) is 0.200. The maximum absolute atomic E-state index is 12.5. The summed E-state index contributed by atoms with van der Waals surface area (Å²) in [7, 11) is 1.56. The van der Waals surface area contributed by atoms with Crippen LogP contribution in [0.5, 0.6) is 11.7 Å². The summed E-state index contributed by atoms with van der Waals surface area (Å²) in [4.78, 5) is 23.9. The van der Waals surface area contributed by atoms with Gasteiger partial charge in [0.25, 0.3) is 5.03 Å². The van der Waals surface area contributed by atoms with E-state index in [-0.39, 0.29) is 16.7 Å². The molecule has 3 rings (SSSR count). The number of methoxy groups -OCH3 is 1. The number of aromatic nitrogens is 2. The third-order valence-corrected chi connectivity index (χ3v) is 5.24. The molecule has 0 spiro atoms. The number of ether oxygens (including phenoxy) is 1. The van der Waals surface area contributed by atoms with Crippen LogP contribution in [0.4, 0.5) is 5.69 Å². The second-order valence-corrected chi connectivity index (χ2v) is 7.49. The molecule has 0 aliphatic rings. The Morgan fingerprint density at radius 3 is 2.41 bits per heavy atom. The molecule has 0 aliphatic heterocycles. The van der Waals surface area contributed by atoms with Gasteiger partial charge >= 0.3 is 0 Å². The highest BCUT2D eigenvalue weighted by Crippen LogP contribution is 2.28. The van der Waals surface area contributed by atoms with Crippen LogP contribution in [0.25, 0.3) is 5.69 Å². The average Bonchev–Trinajstić information content (AvgIpc) is 3.08. The van der Waals surface area contributed by atoms with E-state index in [9.17, 15) is 14.7 Å². The van der Waals surface area contributed by atoms with Crippen LogP contribution < -0.4 is 19.8 Å². The summed E-state index contributed by atoms with van der Waals surface area (Å²) in [6.45, 7) is 3.15. The molecule has 29 heavy (non-hydrogen) atoms. The van der Waals surface area contributed by atoms with Crippen LogP contribution in [-0.2, 0) is 4.79 Å². The molecule has 9 heteroatoms. The quantitative estimate of drug-likeness (QED) is 0.360. The molecule has 0 aliphatic carbocycles. The van der Waals surface area contributed by atoms with Crippen LogP contribution in [-0.4, -0.2) is 29.3 Å². The lowest BCUT2D eigenvalue weighted by Gasteiger charge is -2.10. The van der Waals surface area contributed by atoms with Crippen LogP contribution in [0, 0.1) is 0 Å². The Balaban J connectivity index is 1.72. The standard InChI is InChI=1S/C20H19N3O5S/c1-12(24)14-4-6-15(7-5-14)21-18(25)13(2)29-19-20(26)28-22-23(19)16-8-10-17(27-3)11-9-16/h4-11,13H,1-3H3,(H-,21,22,24,25,26). The van der Waals surface area contributed by atoms with Gasteiger partial charge in [0.2, 0.25) is 11.6 Å². The summed E-state index contributed by atoms with van der Waals surface area (Å²) < 4.78 is 11.2. The number of hydrogen-bond acceptors (Lipinski definition) is 7. The number of ketones is 1. The highest BCUT2D eigenvalue weighted by Gasteiger charge is 2.26. The van der Waals surface area contributed by atoms with Crippen molar-refractivity contribution in [2.45, 2.75) is 24.1 Å². The Bertz CT molecular complexity index is 1020. The van der Waals surface area contributed by atoms with Crippen molar-refractivity contribution in [3.8, 4) is 17.4 Å². The molecule has 1 atom stereocenters. The molecule has 0 saturated carbocycles. The molecule has 1 aromatic heterocycles. The molecule has 1 amide bonds. The summed E-state index contributed by atoms with van der Waals surface area (Å²) in [6, 6.07) is 13.5. The van der Waals surface area contributed by atoms with Gasteiger partial charge in [-0.1, -0.05) is 0 Å². The van der Waals surface area contributed by atoms with E-state index in [0.29, 0.717) is 22.7 Å². The number of Topliss-reactive ketones (excluding diaryl/α,β-unsaturated/α-hetero) is 1. The minimum Gasteiger partial charge on any atom is -0.538 e. The molecular weight excluding hydrogens is 394 g/mol. The average molecular weight is 413 g/mol. The number of carbonyl (C=O) groups excluding carboxylic acids is 2. The Hall–Kier alpha value is -3.33. The van der Waals surface area contributed by atoms with Crippen molar-refractivity contribution in [3.05, 3.63) is 54.1 Å². The van der Waals surface area contributed by atoms with Crippen molar-refractivity contribution in [2.75, 3.05) is 12.4 Å². The predicted molar refractivity (Wildman–Crippen MR) is 104 cm³/mol. The van der Waals surface area contributed by atoms with E-state index in [1.165, 1.54) is 11.6 Å². The van der Waals surface area contributed by atoms with Gasteiger partial charge in [-0.05, 0) is 66.7 Å². The van der Waals surface area contributed by atoms with E-state index in [4.69, 9.17) is 9.26 Å². The van der Waals surface area contributed by atoms with E-state index < -0.39 is 11.2 Å². The van der Waals surface area contributed by atoms with Gasteiger partial charge in [0.1, 0.15) is 5.75 Å². The first-order valence-electron chi connectivity index (χ1n) is 8.71. The first kappa shape index (κ1) is 20.4. The topological polar surface area (TPSA) is 108 Å². The van der Waals surface area contributed by atoms with E-state index in [2.05, 4.69) is 10.6 Å². The first-order valence-corrected chi connectivity index (χ1v) is 9.59. The number of benzene rings is 2. The normalized spacial score (nSPS) is 11.7. The summed E-state index contributed by atoms with van der Waals surface area (Å²) in [5, 5.41) is 18.2. The Labute approximate surface area is 171 Å². The molecule has 3 aromatic rings. The number of amides is 1. The molecule has 0 fully saturated rings. The zero-order valence-electron chi connectivity index (χ0n) is 16.0. The van der Waals surface area contributed by atoms with Crippen LogP contribution in [0.2, 0.25) is 0 Å². The van der Waals surface area contributed by atoms with Gasteiger partial charge in [-0.25, -0.2) is 0 Å². The minimum absolute atomic E-state index is 0.0506. The molecule has 8 nitrogen and oxygen atoms in total. The van der Waals surface area contributed by atoms with Crippen LogP contribution in [0.15, 0.2) is 58.1 Å². The van der Waals surface area contributed by atoms with Crippen molar-refractivity contribution in [3.63, 3.8) is 0 Å². The second-order valence-electron chi connectivity index (χ2n) is 6.16. The zero-order chi connectivity index (χ0) is 21.0. The molecule has 150 valence electrons. The second kappa shape index (κ2) is 8.78. The lowest BCUT2D eigenvalue weighted by atomic mass is 10.1. The predicted octanol–water partition coefficient (Wildman–Crippen LogP) is 2.36. The number of anilines is 1. The lowest BCUT2D eigenvalue weighted by Crippen LogP contribution is -2.36. The number of nitrogens with one attached hydrogen (secondary N) is 1. The van der Waals surface area contributed by atoms with E-state index in [0.717, 1.165) is 11.8 Å². The molecule has 0 bridgehead atoms. The first-order chi connectivity index (χ1) is 13.9. The SMILES string of the molecule is COc1ccc(-[n+]2noc([O-])c2SC(C)C(=O)Nc2ccc(C(C)=O)cc2)cc1. The summed E-state index contributed by atoms with van der Waals surface area (Å²) in [5.74, 6) is -0.313. The Kier molecular flexibility index (Phi) is 6.18. The number of carbonyl (C=O) groups is 2. The highest BCUT2D eigenvalue weighted by atomic mass is 32.2. The molecule has 0 saturated heterocycles. The summed E-state index contributed by atoms with van der Waals surface area (Å²) in [5.41, 5.74) is 1.72. The van der Waals surface area contributed by atoms with Crippen molar-refractivity contribution in [1.82, 2.24) is 5.27 Å². The van der Waals surface area contributed by atoms with Crippen molar-refractivity contribution in [2.24, 2.45) is 0 Å². The smallest absolute Gasteiger partial charge is 0.298 e. The van der Waals surface area contributed by atoms with Gasteiger partial charge < -0.3 is 19.7 Å². The van der Waals surface area contributed by atoms with Crippen LogP contribution in [0.1, 0.15) is 24.2 Å². The number of rotatable bonds is 7. The van der Waals surface area contributed by atoms with Crippen molar-refractivity contribution in [1.29, 1.82) is 0 Å². The Morgan fingerprint density at radius 1 is 1.17 bits per heavy atom. The van der Waals surface area contributed by atoms with Gasteiger partial charge in [-0.15, -0.1) is 0 Å². The number of hydrogen-bond donors (Lipinski definition) is 1. The molecule has 1 heterocycles. The van der Waals surface area contributed by atoms with E-state index in [1.807, 2.05) is 0 Å². The minimum atomic E-state index is -0.628. The van der Waals surface area contributed by atoms with Gasteiger partial charge in [0.15, 0.2) is 11.7 Å². The Morgan fingerprint density at radius 2 is 1.83 bits per heavy atom. The van der Waals surface area contributed by atoms with Crippen LogP contribution >= 0.6 is 11.8 Å². The maximum atomic E-state index is 12.5. The van der Waals surface area contributed by atoms with Crippen LogP contribution in [0.3, 0.4) is 0 Å². The largest absolute Gasteiger partial charge is 0.538 e.